The second kappa shape index (κ2) is 8.89. The van der Waals surface area contributed by atoms with Crippen molar-refractivity contribution in [2.75, 3.05) is 52.4 Å². The Labute approximate surface area is 114 Å². The molecule has 3 heteroatoms. The van der Waals surface area contributed by atoms with Crippen LogP contribution in [0.2, 0.25) is 0 Å². The minimum atomic E-state index is 0.852. The Morgan fingerprint density at radius 3 is 2.50 bits per heavy atom. The van der Waals surface area contributed by atoms with Gasteiger partial charge in [-0.2, -0.15) is 0 Å². The molecule has 1 rings (SSSR count). The second-order valence-electron chi connectivity index (χ2n) is 5.87. The summed E-state index contributed by atoms with van der Waals surface area (Å²) >= 11 is 0. The largest absolute Gasteiger partial charge is 0.314 e. The quantitative estimate of drug-likeness (QED) is 0.635. The zero-order valence-electron chi connectivity index (χ0n) is 12.9. The SMILES string of the molecule is CCN(CC)CCNCCN1CCC(C(C)C)C1. The van der Waals surface area contributed by atoms with Gasteiger partial charge in [0, 0.05) is 32.7 Å². The maximum Gasteiger partial charge on any atom is 0.0107 e. The summed E-state index contributed by atoms with van der Waals surface area (Å²) in [7, 11) is 0. The fraction of sp³-hybridized carbons (Fsp3) is 1.00. The Balaban J connectivity index is 1.99. The monoisotopic (exact) mass is 255 g/mol. The van der Waals surface area contributed by atoms with Gasteiger partial charge < -0.3 is 15.1 Å². The van der Waals surface area contributed by atoms with Crippen LogP contribution in [0.3, 0.4) is 0 Å². The molecule has 1 aliphatic heterocycles. The molecule has 1 saturated heterocycles. The van der Waals surface area contributed by atoms with Crippen LogP contribution >= 0.6 is 0 Å². The van der Waals surface area contributed by atoms with E-state index in [0.29, 0.717) is 0 Å². The van der Waals surface area contributed by atoms with Crippen molar-refractivity contribution in [1.29, 1.82) is 0 Å². The molecule has 3 nitrogen and oxygen atoms in total. The zero-order valence-corrected chi connectivity index (χ0v) is 12.9. The van der Waals surface area contributed by atoms with Gasteiger partial charge in [-0.1, -0.05) is 27.7 Å². The molecule has 0 radical (unpaired) electrons. The molecule has 0 aliphatic carbocycles. The number of hydrogen-bond donors (Lipinski definition) is 1. The van der Waals surface area contributed by atoms with Gasteiger partial charge in [0.05, 0.1) is 0 Å². The normalized spacial score (nSPS) is 21.3. The number of likely N-dealkylation sites (tertiary alicyclic amines) is 1. The smallest absolute Gasteiger partial charge is 0.0107 e. The molecule has 108 valence electrons. The van der Waals surface area contributed by atoms with Gasteiger partial charge in [-0.3, -0.25) is 0 Å². The third-order valence-corrected chi connectivity index (χ3v) is 4.36. The molecule has 1 fully saturated rings. The molecule has 1 atom stereocenters. The number of nitrogens with one attached hydrogen (secondary N) is 1. The Hall–Kier alpha value is -0.120. The first-order valence-corrected chi connectivity index (χ1v) is 7.82. The second-order valence-corrected chi connectivity index (χ2v) is 5.87. The van der Waals surface area contributed by atoms with Crippen LogP contribution in [0, 0.1) is 11.8 Å². The molecule has 0 amide bonds. The molecule has 18 heavy (non-hydrogen) atoms. The van der Waals surface area contributed by atoms with Crippen LogP contribution in [0.25, 0.3) is 0 Å². The highest BCUT2D eigenvalue weighted by Gasteiger charge is 2.23. The predicted octanol–water partition coefficient (Wildman–Crippen LogP) is 1.90. The van der Waals surface area contributed by atoms with Crippen LogP contribution in [0.1, 0.15) is 34.1 Å². The Morgan fingerprint density at radius 2 is 1.94 bits per heavy atom. The molecule has 0 bridgehead atoms. The van der Waals surface area contributed by atoms with Crippen LogP contribution in [-0.2, 0) is 0 Å². The maximum absolute atomic E-state index is 3.57. The fourth-order valence-electron chi connectivity index (χ4n) is 2.75. The number of nitrogens with zero attached hydrogens (tertiary/aromatic N) is 2. The van der Waals surface area contributed by atoms with Crippen molar-refractivity contribution >= 4 is 0 Å². The van der Waals surface area contributed by atoms with Crippen molar-refractivity contribution in [1.82, 2.24) is 15.1 Å². The lowest BCUT2D eigenvalue weighted by molar-refractivity contribution is 0.284. The van der Waals surface area contributed by atoms with Crippen LogP contribution in [0.4, 0.5) is 0 Å². The summed E-state index contributed by atoms with van der Waals surface area (Å²) in [5.74, 6) is 1.78. The summed E-state index contributed by atoms with van der Waals surface area (Å²) in [5, 5.41) is 3.57. The van der Waals surface area contributed by atoms with Gasteiger partial charge in [-0.05, 0) is 37.9 Å². The molecule has 1 heterocycles. The first kappa shape index (κ1) is 15.9. The van der Waals surface area contributed by atoms with Crippen molar-refractivity contribution in [2.45, 2.75) is 34.1 Å². The molecular weight excluding hydrogens is 222 g/mol. The number of hydrogen-bond acceptors (Lipinski definition) is 3. The van der Waals surface area contributed by atoms with E-state index in [4.69, 9.17) is 0 Å². The van der Waals surface area contributed by atoms with E-state index in [1.165, 1.54) is 45.7 Å². The molecular formula is C15H33N3. The number of likely N-dealkylation sites (N-methyl/N-ethyl adjacent to an activating group) is 1. The van der Waals surface area contributed by atoms with E-state index < -0.39 is 0 Å². The van der Waals surface area contributed by atoms with Gasteiger partial charge in [-0.15, -0.1) is 0 Å². The first-order valence-electron chi connectivity index (χ1n) is 7.82. The van der Waals surface area contributed by atoms with Crippen molar-refractivity contribution in [3.8, 4) is 0 Å². The zero-order chi connectivity index (χ0) is 13.4. The van der Waals surface area contributed by atoms with Gasteiger partial charge in [-0.25, -0.2) is 0 Å². The molecule has 0 aromatic rings. The minimum absolute atomic E-state index is 0.852. The summed E-state index contributed by atoms with van der Waals surface area (Å²) in [4.78, 5) is 5.09. The van der Waals surface area contributed by atoms with E-state index in [2.05, 4.69) is 42.8 Å². The van der Waals surface area contributed by atoms with E-state index in [9.17, 15) is 0 Å². The average Bonchev–Trinajstić information content (AvgIpc) is 2.83. The van der Waals surface area contributed by atoms with E-state index >= 15 is 0 Å². The standard InChI is InChI=1S/C15H33N3/c1-5-17(6-2)11-8-16-9-12-18-10-7-15(13-18)14(3)4/h14-16H,5-13H2,1-4H3. The molecule has 0 aromatic carbocycles. The summed E-state index contributed by atoms with van der Waals surface area (Å²) < 4.78 is 0. The van der Waals surface area contributed by atoms with E-state index in [-0.39, 0.29) is 0 Å². The Kier molecular flexibility index (Phi) is 7.87. The lowest BCUT2D eigenvalue weighted by Crippen LogP contribution is -2.36. The summed E-state index contributed by atoms with van der Waals surface area (Å²) in [6, 6.07) is 0. The van der Waals surface area contributed by atoms with Gasteiger partial charge in [0.1, 0.15) is 0 Å². The predicted molar refractivity (Wildman–Crippen MR) is 80.0 cm³/mol. The molecule has 0 spiro atoms. The first-order chi connectivity index (χ1) is 8.67. The summed E-state index contributed by atoms with van der Waals surface area (Å²) in [5.41, 5.74) is 0. The molecule has 1 unspecified atom stereocenters. The topological polar surface area (TPSA) is 18.5 Å². The van der Waals surface area contributed by atoms with E-state index in [0.717, 1.165) is 24.9 Å². The van der Waals surface area contributed by atoms with Crippen molar-refractivity contribution in [3.05, 3.63) is 0 Å². The fourth-order valence-corrected chi connectivity index (χ4v) is 2.75. The van der Waals surface area contributed by atoms with Crippen molar-refractivity contribution < 1.29 is 0 Å². The van der Waals surface area contributed by atoms with Crippen LogP contribution < -0.4 is 5.32 Å². The lowest BCUT2D eigenvalue weighted by atomic mass is 9.95. The highest BCUT2D eigenvalue weighted by molar-refractivity contribution is 4.77. The highest BCUT2D eigenvalue weighted by atomic mass is 15.2. The van der Waals surface area contributed by atoms with Gasteiger partial charge in [0.15, 0.2) is 0 Å². The van der Waals surface area contributed by atoms with Crippen molar-refractivity contribution in [3.63, 3.8) is 0 Å². The minimum Gasteiger partial charge on any atom is -0.314 e. The number of rotatable bonds is 9. The molecule has 0 aromatic heterocycles. The Bertz CT molecular complexity index is 202. The third kappa shape index (κ3) is 5.68. The van der Waals surface area contributed by atoms with E-state index in [1.54, 1.807) is 0 Å². The summed E-state index contributed by atoms with van der Waals surface area (Å²) in [6.07, 6.45) is 1.40. The van der Waals surface area contributed by atoms with Gasteiger partial charge in [0.2, 0.25) is 0 Å². The van der Waals surface area contributed by atoms with Gasteiger partial charge >= 0.3 is 0 Å². The maximum atomic E-state index is 3.57. The van der Waals surface area contributed by atoms with Crippen LogP contribution in [0.15, 0.2) is 0 Å². The summed E-state index contributed by atoms with van der Waals surface area (Å²) in [6.45, 7) is 18.8. The van der Waals surface area contributed by atoms with Crippen molar-refractivity contribution in [2.24, 2.45) is 11.8 Å². The molecule has 0 saturated carbocycles. The molecule has 1 N–H and O–H groups in total. The van der Waals surface area contributed by atoms with E-state index in [1.807, 2.05) is 0 Å². The highest BCUT2D eigenvalue weighted by Crippen LogP contribution is 2.22. The molecule has 1 aliphatic rings. The van der Waals surface area contributed by atoms with Gasteiger partial charge in [0.25, 0.3) is 0 Å². The lowest BCUT2D eigenvalue weighted by Gasteiger charge is -2.20. The Morgan fingerprint density at radius 1 is 1.22 bits per heavy atom. The average molecular weight is 255 g/mol. The third-order valence-electron chi connectivity index (χ3n) is 4.36. The van der Waals surface area contributed by atoms with Crippen LogP contribution in [-0.4, -0.2) is 62.2 Å². The van der Waals surface area contributed by atoms with Crippen LogP contribution in [0.5, 0.6) is 0 Å².